The quantitative estimate of drug-likeness (QED) is 0.563. The van der Waals surface area contributed by atoms with Crippen molar-refractivity contribution in [3.05, 3.63) is 0 Å². The van der Waals surface area contributed by atoms with Gasteiger partial charge in [0.1, 0.15) is 0 Å². The van der Waals surface area contributed by atoms with Crippen molar-refractivity contribution in [1.29, 1.82) is 0 Å². The van der Waals surface area contributed by atoms with E-state index in [9.17, 15) is 4.79 Å². The van der Waals surface area contributed by atoms with Crippen LogP contribution in [-0.2, 0) is 4.79 Å². The molecule has 0 unspecified atom stereocenters. The smallest absolute Gasteiger partial charge is 0.306 e. The average Bonchev–Trinajstić information content (AvgIpc) is 1.88. The van der Waals surface area contributed by atoms with E-state index >= 15 is 0 Å². The highest BCUT2D eigenvalue weighted by Crippen LogP contribution is 2.06. The molecule has 0 aromatic rings. The third-order valence-electron chi connectivity index (χ3n) is 1.51. The molecule has 1 atom stereocenters. The molecule has 0 saturated carbocycles. The molecule has 0 aromatic carbocycles. The van der Waals surface area contributed by atoms with Gasteiger partial charge in [-0.2, -0.15) is 0 Å². The highest BCUT2D eigenvalue weighted by molar-refractivity contribution is 5.69. The molecule has 0 radical (unpaired) electrons. The van der Waals surface area contributed by atoms with Crippen molar-refractivity contribution in [1.82, 2.24) is 0 Å². The maximum absolute atomic E-state index is 10.3. The summed E-state index contributed by atoms with van der Waals surface area (Å²) in [4.78, 5) is 10.3. The summed E-state index contributed by atoms with van der Waals surface area (Å²) >= 11 is 0. The topological polar surface area (TPSA) is 63.3 Å². The first-order valence-electron chi connectivity index (χ1n) is 3.61. The summed E-state index contributed by atoms with van der Waals surface area (Å²) in [6, 6.07) is 0. The lowest BCUT2D eigenvalue weighted by Crippen LogP contribution is -2.09. The van der Waals surface area contributed by atoms with E-state index in [4.69, 9.17) is 10.8 Å². The van der Waals surface area contributed by atoms with Crippen molar-refractivity contribution in [2.45, 2.75) is 26.2 Å². The van der Waals surface area contributed by atoms with Crippen LogP contribution >= 0.6 is 0 Å². The number of nitrogens with two attached hydrogens (primary N) is 1. The van der Waals surface area contributed by atoms with Gasteiger partial charge in [0, 0.05) is 0 Å². The molecule has 0 spiro atoms. The van der Waals surface area contributed by atoms with Gasteiger partial charge in [0.15, 0.2) is 0 Å². The van der Waals surface area contributed by atoms with Crippen molar-refractivity contribution < 1.29 is 9.90 Å². The summed E-state index contributed by atoms with van der Waals surface area (Å²) < 4.78 is 0. The van der Waals surface area contributed by atoms with Crippen LogP contribution in [0.2, 0.25) is 0 Å². The van der Waals surface area contributed by atoms with Crippen LogP contribution in [-0.4, -0.2) is 17.6 Å². The second kappa shape index (κ2) is 5.23. The van der Waals surface area contributed by atoms with Crippen LogP contribution in [0, 0.1) is 5.92 Å². The highest BCUT2D eigenvalue weighted by atomic mass is 16.4. The summed E-state index contributed by atoms with van der Waals surface area (Å²) in [5.74, 6) is -0.927. The number of carbonyl (C=O) groups is 1. The van der Waals surface area contributed by atoms with E-state index in [-0.39, 0.29) is 5.92 Å². The number of carboxylic acids is 1. The average molecular weight is 145 g/mol. The van der Waals surface area contributed by atoms with Crippen molar-refractivity contribution in [2.24, 2.45) is 11.7 Å². The first-order valence-corrected chi connectivity index (χ1v) is 3.61. The maximum atomic E-state index is 10.3. The third kappa shape index (κ3) is 4.32. The Kier molecular flexibility index (Phi) is 4.94. The molecule has 10 heavy (non-hydrogen) atoms. The minimum Gasteiger partial charge on any atom is -0.481 e. The van der Waals surface area contributed by atoms with E-state index in [1.165, 1.54) is 0 Å². The molecule has 60 valence electrons. The summed E-state index contributed by atoms with van der Waals surface area (Å²) in [5, 5.41) is 8.45. The lowest BCUT2D eigenvalue weighted by Gasteiger charge is -2.03. The Bertz CT molecular complexity index is 104. The number of hydrogen-bond donors (Lipinski definition) is 2. The van der Waals surface area contributed by atoms with Crippen LogP contribution in [0.4, 0.5) is 0 Å². The lowest BCUT2D eigenvalue weighted by molar-refractivity contribution is -0.141. The van der Waals surface area contributed by atoms with E-state index in [0.717, 1.165) is 19.3 Å². The molecule has 0 rings (SSSR count). The Labute approximate surface area is 61.2 Å². The Hall–Kier alpha value is -0.570. The Morgan fingerprint density at radius 1 is 1.60 bits per heavy atom. The summed E-state index contributed by atoms with van der Waals surface area (Å²) in [6.45, 7) is 2.38. The van der Waals surface area contributed by atoms with Crippen LogP contribution in [0.15, 0.2) is 0 Å². The van der Waals surface area contributed by atoms with Crippen LogP contribution < -0.4 is 5.73 Å². The monoisotopic (exact) mass is 145 g/mol. The number of unbranched alkanes of at least 4 members (excludes halogenated alkanes) is 1. The van der Waals surface area contributed by atoms with E-state index in [1.54, 1.807) is 6.92 Å². The molecule has 0 bridgehead atoms. The Morgan fingerprint density at radius 2 is 2.20 bits per heavy atom. The van der Waals surface area contributed by atoms with Gasteiger partial charge in [-0.05, 0) is 19.4 Å². The molecule has 0 aliphatic heterocycles. The van der Waals surface area contributed by atoms with Crippen molar-refractivity contribution in [2.75, 3.05) is 6.54 Å². The number of carboxylic acid groups (broad SMARTS) is 1. The fraction of sp³-hybridized carbons (Fsp3) is 0.857. The summed E-state index contributed by atoms with van der Waals surface area (Å²) in [5.41, 5.74) is 5.24. The predicted molar refractivity (Wildman–Crippen MR) is 39.7 cm³/mol. The van der Waals surface area contributed by atoms with Gasteiger partial charge >= 0.3 is 5.97 Å². The van der Waals surface area contributed by atoms with Gasteiger partial charge in [-0.15, -0.1) is 0 Å². The standard InChI is InChI=1S/C7H15NO2/c1-6(7(9)10)4-2-3-5-8/h6H,2-5,8H2,1H3,(H,9,10)/t6-/m1/s1. The fourth-order valence-corrected chi connectivity index (χ4v) is 0.718. The maximum Gasteiger partial charge on any atom is 0.306 e. The molecule has 0 fully saturated rings. The van der Waals surface area contributed by atoms with Gasteiger partial charge in [0.2, 0.25) is 0 Å². The van der Waals surface area contributed by atoms with Crippen LogP contribution in [0.3, 0.4) is 0 Å². The van der Waals surface area contributed by atoms with Crippen molar-refractivity contribution in [3.63, 3.8) is 0 Å². The van der Waals surface area contributed by atoms with E-state index in [1.807, 2.05) is 0 Å². The minimum atomic E-state index is -0.711. The van der Waals surface area contributed by atoms with E-state index in [2.05, 4.69) is 0 Å². The first kappa shape index (κ1) is 9.43. The van der Waals surface area contributed by atoms with Gasteiger partial charge in [0.25, 0.3) is 0 Å². The van der Waals surface area contributed by atoms with Crippen molar-refractivity contribution >= 4 is 5.97 Å². The largest absolute Gasteiger partial charge is 0.481 e. The molecule has 0 heterocycles. The molecule has 0 aliphatic rings. The molecule has 0 aromatic heterocycles. The van der Waals surface area contributed by atoms with Crippen molar-refractivity contribution in [3.8, 4) is 0 Å². The van der Waals surface area contributed by atoms with Crippen LogP contribution in [0.1, 0.15) is 26.2 Å². The second-order valence-electron chi connectivity index (χ2n) is 2.52. The zero-order chi connectivity index (χ0) is 7.98. The number of rotatable bonds is 5. The Balaban J connectivity index is 3.21. The van der Waals surface area contributed by atoms with Crippen LogP contribution in [0.5, 0.6) is 0 Å². The van der Waals surface area contributed by atoms with Gasteiger partial charge < -0.3 is 10.8 Å². The molecule has 0 aliphatic carbocycles. The molecule has 3 heteroatoms. The number of hydrogen-bond acceptors (Lipinski definition) is 2. The molecular weight excluding hydrogens is 130 g/mol. The van der Waals surface area contributed by atoms with E-state index < -0.39 is 5.97 Å². The summed E-state index contributed by atoms with van der Waals surface area (Å²) in [7, 11) is 0. The first-order chi connectivity index (χ1) is 4.68. The highest BCUT2D eigenvalue weighted by Gasteiger charge is 2.08. The van der Waals surface area contributed by atoms with Gasteiger partial charge in [-0.3, -0.25) is 4.79 Å². The minimum absolute atomic E-state index is 0.216. The fourth-order valence-electron chi connectivity index (χ4n) is 0.718. The predicted octanol–water partition coefficient (Wildman–Crippen LogP) is 0.836. The molecule has 0 saturated heterocycles. The SMILES string of the molecule is C[C@H](CCCCN)C(=O)O. The number of aliphatic carboxylic acids is 1. The van der Waals surface area contributed by atoms with Gasteiger partial charge in [-0.1, -0.05) is 13.3 Å². The van der Waals surface area contributed by atoms with E-state index in [0.29, 0.717) is 6.54 Å². The zero-order valence-electron chi connectivity index (χ0n) is 6.34. The van der Waals surface area contributed by atoms with Gasteiger partial charge in [0.05, 0.1) is 5.92 Å². The molecule has 0 amide bonds. The normalized spacial score (nSPS) is 13.0. The van der Waals surface area contributed by atoms with Crippen LogP contribution in [0.25, 0.3) is 0 Å². The van der Waals surface area contributed by atoms with Gasteiger partial charge in [-0.25, -0.2) is 0 Å². The summed E-state index contributed by atoms with van der Waals surface area (Å²) in [6.07, 6.45) is 2.59. The second-order valence-corrected chi connectivity index (χ2v) is 2.52. The molecule has 3 nitrogen and oxygen atoms in total. The molecular formula is C7H15NO2. The Morgan fingerprint density at radius 3 is 2.60 bits per heavy atom. The molecule has 3 N–H and O–H groups in total. The third-order valence-corrected chi connectivity index (χ3v) is 1.51. The zero-order valence-corrected chi connectivity index (χ0v) is 6.34. The lowest BCUT2D eigenvalue weighted by atomic mass is 10.1.